The highest BCUT2D eigenvalue weighted by Crippen LogP contribution is 2.36. The normalized spacial score (nSPS) is 10.0. The lowest BCUT2D eigenvalue weighted by Gasteiger charge is -2.13. The van der Waals surface area contributed by atoms with Gasteiger partial charge in [0.25, 0.3) is 0 Å². The molecule has 0 radical (unpaired) electrons. The average Bonchev–Trinajstić information content (AvgIpc) is 2.26. The molecule has 0 spiro atoms. The lowest BCUT2D eigenvalue weighted by Crippen LogP contribution is -2.01. The fourth-order valence-corrected chi connectivity index (χ4v) is 1.49. The molecule has 0 amide bonds. The molecule has 0 atom stereocenters. The van der Waals surface area contributed by atoms with Crippen molar-refractivity contribution in [2.24, 2.45) is 0 Å². The van der Waals surface area contributed by atoms with Gasteiger partial charge in [-0.05, 0) is 30.2 Å². The SMILES string of the molecule is C=C(C)COc1c(Cl)cc(CO)cc1OC. The third kappa shape index (κ3) is 3.15. The Balaban J connectivity index is 3.01. The van der Waals surface area contributed by atoms with Crippen LogP contribution in [-0.4, -0.2) is 18.8 Å². The van der Waals surface area contributed by atoms with E-state index in [0.29, 0.717) is 28.7 Å². The molecule has 1 aromatic rings. The number of ether oxygens (including phenoxy) is 2. The Morgan fingerprint density at radius 2 is 2.19 bits per heavy atom. The maximum Gasteiger partial charge on any atom is 0.180 e. The van der Waals surface area contributed by atoms with Gasteiger partial charge in [-0.2, -0.15) is 0 Å². The third-order valence-electron chi connectivity index (χ3n) is 1.93. The number of rotatable bonds is 5. The lowest BCUT2D eigenvalue weighted by molar-refractivity contribution is 0.279. The predicted octanol–water partition coefficient (Wildman–Crippen LogP) is 2.80. The zero-order valence-corrected chi connectivity index (χ0v) is 10.2. The summed E-state index contributed by atoms with van der Waals surface area (Å²) in [7, 11) is 1.53. The first kappa shape index (κ1) is 12.9. The van der Waals surface area contributed by atoms with E-state index in [1.54, 1.807) is 12.1 Å². The molecule has 0 aliphatic carbocycles. The van der Waals surface area contributed by atoms with E-state index in [-0.39, 0.29) is 6.61 Å². The quantitative estimate of drug-likeness (QED) is 0.807. The van der Waals surface area contributed by atoms with Crippen LogP contribution in [0.15, 0.2) is 24.3 Å². The van der Waals surface area contributed by atoms with Gasteiger partial charge in [-0.15, -0.1) is 0 Å². The summed E-state index contributed by atoms with van der Waals surface area (Å²) in [5.41, 5.74) is 1.58. The average molecular weight is 243 g/mol. The fraction of sp³-hybridized carbons (Fsp3) is 0.333. The van der Waals surface area contributed by atoms with Gasteiger partial charge in [0, 0.05) is 0 Å². The summed E-state index contributed by atoms with van der Waals surface area (Å²) in [6, 6.07) is 3.34. The van der Waals surface area contributed by atoms with Crippen molar-refractivity contribution in [2.75, 3.05) is 13.7 Å². The second-order valence-corrected chi connectivity index (χ2v) is 3.92. The molecule has 88 valence electrons. The van der Waals surface area contributed by atoms with Crippen LogP contribution in [0.2, 0.25) is 5.02 Å². The van der Waals surface area contributed by atoms with Crippen LogP contribution >= 0.6 is 11.6 Å². The Hall–Kier alpha value is -1.19. The topological polar surface area (TPSA) is 38.7 Å². The van der Waals surface area contributed by atoms with Crippen molar-refractivity contribution in [1.29, 1.82) is 0 Å². The van der Waals surface area contributed by atoms with Crippen LogP contribution < -0.4 is 9.47 Å². The van der Waals surface area contributed by atoms with E-state index in [1.165, 1.54) is 7.11 Å². The van der Waals surface area contributed by atoms with Gasteiger partial charge in [0.1, 0.15) is 6.61 Å². The smallest absolute Gasteiger partial charge is 0.180 e. The van der Waals surface area contributed by atoms with E-state index in [0.717, 1.165) is 5.57 Å². The van der Waals surface area contributed by atoms with Crippen molar-refractivity contribution in [3.05, 3.63) is 34.9 Å². The van der Waals surface area contributed by atoms with E-state index < -0.39 is 0 Å². The standard InChI is InChI=1S/C12H15ClO3/c1-8(2)7-16-12-10(13)4-9(6-14)5-11(12)15-3/h4-5,14H,1,6-7H2,2-3H3. The zero-order valence-electron chi connectivity index (χ0n) is 9.42. The fourth-order valence-electron chi connectivity index (χ4n) is 1.20. The summed E-state index contributed by atoms with van der Waals surface area (Å²) in [4.78, 5) is 0. The van der Waals surface area contributed by atoms with E-state index in [1.807, 2.05) is 6.92 Å². The van der Waals surface area contributed by atoms with Gasteiger partial charge in [0.05, 0.1) is 18.7 Å². The highest BCUT2D eigenvalue weighted by Gasteiger charge is 2.11. The van der Waals surface area contributed by atoms with Crippen molar-refractivity contribution >= 4 is 11.6 Å². The van der Waals surface area contributed by atoms with Gasteiger partial charge in [-0.25, -0.2) is 0 Å². The van der Waals surface area contributed by atoms with Gasteiger partial charge in [0.2, 0.25) is 0 Å². The minimum absolute atomic E-state index is 0.0865. The Kier molecular flexibility index (Phi) is 4.65. The highest BCUT2D eigenvalue weighted by molar-refractivity contribution is 6.32. The van der Waals surface area contributed by atoms with Crippen molar-refractivity contribution in [1.82, 2.24) is 0 Å². The predicted molar refractivity (Wildman–Crippen MR) is 64.2 cm³/mol. The largest absolute Gasteiger partial charge is 0.493 e. The highest BCUT2D eigenvalue weighted by atomic mass is 35.5. The molecule has 16 heavy (non-hydrogen) atoms. The second kappa shape index (κ2) is 5.77. The van der Waals surface area contributed by atoms with Crippen LogP contribution in [0, 0.1) is 0 Å². The number of aliphatic hydroxyl groups is 1. The number of aliphatic hydroxyl groups excluding tert-OH is 1. The number of benzene rings is 1. The molecule has 0 unspecified atom stereocenters. The first-order valence-electron chi connectivity index (χ1n) is 4.83. The molecule has 0 saturated carbocycles. The number of methoxy groups -OCH3 is 1. The maximum atomic E-state index is 9.02. The number of hydrogen-bond donors (Lipinski definition) is 1. The molecule has 0 aliphatic heterocycles. The van der Waals surface area contributed by atoms with Gasteiger partial charge in [-0.1, -0.05) is 18.2 Å². The maximum absolute atomic E-state index is 9.02. The van der Waals surface area contributed by atoms with Gasteiger partial charge in [-0.3, -0.25) is 0 Å². The van der Waals surface area contributed by atoms with Crippen LogP contribution in [0.5, 0.6) is 11.5 Å². The van der Waals surface area contributed by atoms with E-state index in [2.05, 4.69) is 6.58 Å². The summed E-state index contributed by atoms with van der Waals surface area (Å²) in [6.07, 6.45) is 0. The van der Waals surface area contributed by atoms with Gasteiger partial charge in [0.15, 0.2) is 11.5 Å². The summed E-state index contributed by atoms with van der Waals surface area (Å²) in [5.74, 6) is 0.988. The molecule has 0 bridgehead atoms. The molecule has 0 aromatic heterocycles. The van der Waals surface area contributed by atoms with Crippen LogP contribution in [0.1, 0.15) is 12.5 Å². The molecular formula is C12H15ClO3. The molecular weight excluding hydrogens is 228 g/mol. The molecule has 0 fully saturated rings. The van der Waals surface area contributed by atoms with E-state index >= 15 is 0 Å². The summed E-state index contributed by atoms with van der Waals surface area (Å²) in [6.45, 7) is 5.90. The van der Waals surface area contributed by atoms with Crippen LogP contribution in [0.3, 0.4) is 0 Å². The summed E-state index contributed by atoms with van der Waals surface area (Å²) < 4.78 is 10.6. The number of halogens is 1. The zero-order chi connectivity index (χ0) is 12.1. The molecule has 0 heterocycles. The second-order valence-electron chi connectivity index (χ2n) is 3.51. The lowest BCUT2D eigenvalue weighted by atomic mass is 10.2. The molecule has 1 rings (SSSR count). The van der Waals surface area contributed by atoms with Crippen molar-refractivity contribution in [2.45, 2.75) is 13.5 Å². The minimum Gasteiger partial charge on any atom is -0.493 e. The first-order chi connectivity index (χ1) is 7.58. The van der Waals surface area contributed by atoms with Crippen LogP contribution in [-0.2, 0) is 6.61 Å². The first-order valence-corrected chi connectivity index (χ1v) is 5.20. The molecule has 0 saturated heterocycles. The third-order valence-corrected chi connectivity index (χ3v) is 2.22. The van der Waals surface area contributed by atoms with E-state index in [4.69, 9.17) is 26.2 Å². The molecule has 4 heteroatoms. The molecule has 3 nitrogen and oxygen atoms in total. The van der Waals surface area contributed by atoms with Crippen molar-refractivity contribution in [3.63, 3.8) is 0 Å². The molecule has 1 N–H and O–H groups in total. The Labute approximate surface area is 100 Å². The molecule has 1 aromatic carbocycles. The van der Waals surface area contributed by atoms with Gasteiger partial charge < -0.3 is 14.6 Å². The van der Waals surface area contributed by atoms with E-state index in [9.17, 15) is 0 Å². The summed E-state index contributed by atoms with van der Waals surface area (Å²) >= 11 is 6.03. The summed E-state index contributed by atoms with van der Waals surface area (Å²) in [5, 5.41) is 9.44. The van der Waals surface area contributed by atoms with Crippen LogP contribution in [0.25, 0.3) is 0 Å². The molecule has 0 aliphatic rings. The van der Waals surface area contributed by atoms with Crippen molar-refractivity contribution < 1.29 is 14.6 Å². The number of hydrogen-bond acceptors (Lipinski definition) is 3. The monoisotopic (exact) mass is 242 g/mol. The Morgan fingerprint density at radius 3 is 2.69 bits per heavy atom. The Bertz CT molecular complexity index is 388. The Morgan fingerprint density at radius 1 is 1.50 bits per heavy atom. The minimum atomic E-state index is -0.0865. The van der Waals surface area contributed by atoms with Crippen molar-refractivity contribution in [3.8, 4) is 11.5 Å². The van der Waals surface area contributed by atoms with Crippen LogP contribution in [0.4, 0.5) is 0 Å². The van der Waals surface area contributed by atoms with Gasteiger partial charge >= 0.3 is 0 Å².